The largest absolute Gasteiger partial charge is 0.388 e. The normalized spacial score (nSPS) is 27.9. The molecule has 0 aromatic carbocycles. The summed E-state index contributed by atoms with van der Waals surface area (Å²) in [4.78, 5) is 36.7. The molecule has 1 unspecified atom stereocenters. The lowest BCUT2D eigenvalue weighted by atomic mass is 9.99. The summed E-state index contributed by atoms with van der Waals surface area (Å²) < 4.78 is 0. The Kier molecular flexibility index (Phi) is 4.22. The van der Waals surface area contributed by atoms with Crippen molar-refractivity contribution in [2.24, 2.45) is 0 Å². The van der Waals surface area contributed by atoms with Crippen LogP contribution in [0.25, 0.3) is 0 Å². The van der Waals surface area contributed by atoms with Crippen LogP contribution in [0.2, 0.25) is 0 Å². The van der Waals surface area contributed by atoms with E-state index < -0.39 is 23.1 Å². The lowest BCUT2D eigenvalue weighted by Gasteiger charge is -2.23. The van der Waals surface area contributed by atoms with E-state index in [-0.39, 0.29) is 19.0 Å². The van der Waals surface area contributed by atoms with Crippen molar-refractivity contribution in [1.29, 1.82) is 0 Å². The molecular formula is C14H23N3O4. The highest BCUT2D eigenvalue weighted by atomic mass is 16.3. The number of amides is 4. The van der Waals surface area contributed by atoms with Gasteiger partial charge in [-0.3, -0.25) is 14.5 Å². The molecule has 1 saturated heterocycles. The Hall–Kier alpha value is -1.63. The molecule has 21 heavy (non-hydrogen) atoms. The van der Waals surface area contributed by atoms with E-state index in [9.17, 15) is 19.5 Å². The van der Waals surface area contributed by atoms with Gasteiger partial charge in [-0.1, -0.05) is 19.8 Å². The van der Waals surface area contributed by atoms with E-state index in [0.717, 1.165) is 17.7 Å². The molecule has 0 spiro atoms. The van der Waals surface area contributed by atoms with Gasteiger partial charge in [0.05, 0.1) is 5.60 Å². The Balaban J connectivity index is 1.88. The molecule has 7 heteroatoms. The molecule has 0 aromatic heterocycles. The highest BCUT2D eigenvalue weighted by Gasteiger charge is 2.47. The third-order valence-corrected chi connectivity index (χ3v) is 4.50. The minimum atomic E-state index is -0.930. The average molecular weight is 297 g/mol. The second kappa shape index (κ2) is 5.63. The maximum atomic E-state index is 12.1. The third-order valence-electron chi connectivity index (χ3n) is 4.50. The second-order valence-corrected chi connectivity index (χ2v) is 6.22. The lowest BCUT2D eigenvalue weighted by molar-refractivity contribution is -0.134. The SMILES string of the molecule is CCC1(C)NC(=O)N(CC(=O)NCC2(O)CCCC2)C1=O. The Labute approximate surface area is 124 Å². The highest BCUT2D eigenvalue weighted by molar-refractivity contribution is 6.08. The van der Waals surface area contributed by atoms with Crippen molar-refractivity contribution < 1.29 is 19.5 Å². The van der Waals surface area contributed by atoms with E-state index >= 15 is 0 Å². The van der Waals surface area contributed by atoms with Crippen molar-refractivity contribution in [1.82, 2.24) is 15.5 Å². The zero-order chi connectivity index (χ0) is 15.7. The molecule has 118 valence electrons. The van der Waals surface area contributed by atoms with Crippen LogP contribution in [0.5, 0.6) is 0 Å². The molecular weight excluding hydrogens is 274 g/mol. The van der Waals surface area contributed by atoms with Gasteiger partial charge in [0.15, 0.2) is 0 Å². The number of nitrogens with one attached hydrogen (secondary N) is 2. The van der Waals surface area contributed by atoms with Gasteiger partial charge in [-0.15, -0.1) is 0 Å². The molecule has 1 saturated carbocycles. The lowest BCUT2D eigenvalue weighted by Crippen LogP contribution is -2.47. The molecule has 2 aliphatic rings. The van der Waals surface area contributed by atoms with Crippen LogP contribution in [0, 0.1) is 0 Å². The molecule has 4 amide bonds. The molecule has 7 nitrogen and oxygen atoms in total. The maximum Gasteiger partial charge on any atom is 0.325 e. The van der Waals surface area contributed by atoms with Crippen molar-refractivity contribution in [3.8, 4) is 0 Å². The van der Waals surface area contributed by atoms with Crippen LogP contribution >= 0.6 is 0 Å². The molecule has 3 N–H and O–H groups in total. The first-order valence-electron chi connectivity index (χ1n) is 7.43. The summed E-state index contributed by atoms with van der Waals surface area (Å²) >= 11 is 0. The van der Waals surface area contributed by atoms with Gasteiger partial charge < -0.3 is 15.7 Å². The summed E-state index contributed by atoms with van der Waals surface area (Å²) in [6.45, 7) is 3.31. The summed E-state index contributed by atoms with van der Waals surface area (Å²) in [5.41, 5.74) is -1.77. The van der Waals surface area contributed by atoms with Crippen LogP contribution < -0.4 is 10.6 Å². The Bertz CT molecular complexity index is 459. The van der Waals surface area contributed by atoms with Crippen LogP contribution in [-0.2, 0) is 9.59 Å². The number of aliphatic hydroxyl groups is 1. The van der Waals surface area contributed by atoms with E-state index in [1.807, 2.05) is 0 Å². The number of imide groups is 1. The Morgan fingerprint density at radius 3 is 2.52 bits per heavy atom. The molecule has 0 radical (unpaired) electrons. The van der Waals surface area contributed by atoms with Gasteiger partial charge in [0.2, 0.25) is 5.91 Å². The number of hydrogen-bond acceptors (Lipinski definition) is 4. The minimum absolute atomic E-state index is 0.167. The third kappa shape index (κ3) is 3.18. The topological polar surface area (TPSA) is 98.7 Å². The monoisotopic (exact) mass is 297 g/mol. The van der Waals surface area contributed by atoms with Crippen molar-refractivity contribution in [3.63, 3.8) is 0 Å². The second-order valence-electron chi connectivity index (χ2n) is 6.22. The molecule has 1 aliphatic heterocycles. The first kappa shape index (κ1) is 15.8. The summed E-state index contributed by atoms with van der Waals surface area (Å²) in [7, 11) is 0. The van der Waals surface area contributed by atoms with Gasteiger partial charge in [-0.2, -0.15) is 0 Å². The van der Waals surface area contributed by atoms with E-state index in [2.05, 4.69) is 10.6 Å². The molecule has 1 atom stereocenters. The summed E-state index contributed by atoms with van der Waals surface area (Å²) in [6, 6.07) is -0.543. The molecule has 1 aliphatic carbocycles. The number of rotatable bonds is 5. The first-order valence-corrected chi connectivity index (χ1v) is 7.43. The van der Waals surface area contributed by atoms with Crippen molar-refractivity contribution in [2.75, 3.05) is 13.1 Å². The summed E-state index contributed by atoms with van der Waals surface area (Å²) in [6.07, 6.45) is 3.71. The molecule has 0 bridgehead atoms. The van der Waals surface area contributed by atoms with Gasteiger partial charge in [-0.05, 0) is 26.2 Å². The summed E-state index contributed by atoms with van der Waals surface area (Å²) in [5, 5.41) is 15.4. The quantitative estimate of drug-likeness (QED) is 0.628. The smallest absolute Gasteiger partial charge is 0.325 e. The molecule has 1 heterocycles. The minimum Gasteiger partial charge on any atom is -0.388 e. The maximum absolute atomic E-state index is 12.1. The van der Waals surface area contributed by atoms with Crippen molar-refractivity contribution in [2.45, 2.75) is 57.1 Å². The predicted molar refractivity (Wildman–Crippen MR) is 75.4 cm³/mol. The predicted octanol–water partition coefficient (Wildman–Crippen LogP) is 0.128. The number of urea groups is 1. The van der Waals surface area contributed by atoms with Gasteiger partial charge >= 0.3 is 6.03 Å². The number of nitrogens with zero attached hydrogens (tertiary/aromatic N) is 1. The van der Waals surface area contributed by atoms with E-state index in [1.165, 1.54) is 0 Å². The van der Waals surface area contributed by atoms with Gasteiger partial charge in [0.1, 0.15) is 12.1 Å². The van der Waals surface area contributed by atoms with Crippen LogP contribution in [0.15, 0.2) is 0 Å². The Morgan fingerprint density at radius 2 is 2.00 bits per heavy atom. The van der Waals surface area contributed by atoms with Gasteiger partial charge in [0, 0.05) is 6.54 Å². The van der Waals surface area contributed by atoms with Crippen molar-refractivity contribution >= 4 is 17.8 Å². The zero-order valence-corrected chi connectivity index (χ0v) is 12.6. The summed E-state index contributed by atoms with van der Waals surface area (Å²) in [5.74, 6) is -0.816. The first-order chi connectivity index (χ1) is 9.80. The standard InChI is InChI=1S/C14H23N3O4/c1-3-13(2)11(19)17(12(20)16-13)8-10(18)15-9-14(21)6-4-5-7-14/h21H,3-9H2,1-2H3,(H,15,18)(H,16,20). The van der Waals surface area contributed by atoms with E-state index in [0.29, 0.717) is 19.3 Å². The average Bonchev–Trinajstić information content (AvgIpc) is 2.96. The van der Waals surface area contributed by atoms with E-state index in [4.69, 9.17) is 0 Å². The zero-order valence-electron chi connectivity index (χ0n) is 12.6. The number of carbonyl (C=O) groups is 3. The highest BCUT2D eigenvalue weighted by Crippen LogP contribution is 2.28. The Morgan fingerprint density at radius 1 is 1.38 bits per heavy atom. The van der Waals surface area contributed by atoms with Gasteiger partial charge in [0.25, 0.3) is 5.91 Å². The molecule has 2 rings (SSSR count). The fraction of sp³-hybridized carbons (Fsp3) is 0.786. The van der Waals surface area contributed by atoms with Crippen molar-refractivity contribution in [3.05, 3.63) is 0 Å². The fourth-order valence-corrected chi connectivity index (χ4v) is 2.80. The molecule has 0 aromatic rings. The van der Waals surface area contributed by atoms with Crippen LogP contribution in [0.4, 0.5) is 4.79 Å². The fourth-order valence-electron chi connectivity index (χ4n) is 2.80. The van der Waals surface area contributed by atoms with Crippen LogP contribution in [-0.4, -0.2) is 52.1 Å². The van der Waals surface area contributed by atoms with Crippen LogP contribution in [0.3, 0.4) is 0 Å². The van der Waals surface area contributed by atoms with Crippen LogP contribution in [0.1, 0.15) is 46.0 Å². The van der Waals surface area contributed by atoms with Gasteiger partial charge in [-0.25, -0.2) is 4.79 Å². The number of carbonyl (C=O) groups excluding carboxylic acids is 3. The van der Waals surface area contributed by atoms with E-state index in [1.54, 1.807) is 13.8 Å². The molecule has 2 fully saturated rings. The number of hydrogen-bond donors (Lipinski definition) is 3.